The third-order valence-electron chi connectivity index (χ3n) is 20.3. The van der Waals surface area contributed by atoms with E-state index in [2.05, 4.69) is 16.0 Å². The van der Waals surface area contributed by atoms with Crippen LogP contribution in [0.25, 0.3) is 0 Å². The summed E-state index contributed by atoms with van der Waals surface area (Å²) in [6, 6.07) is -1.98. The van der Waals surface area contributed by atoms with Crippen LogP contribution in [-0.2, 0) is 67.0 Å². The summed E-state index contributed by atoms with van der Waals surface area (Å²) in [5, 5.41) is 339. The predicted molar refractivity (Wildman–Crippen MR) is 392 cm³/mol. The molecule has 0 aromatic rings. The SMILES string of the molecule is CC1(N(COC=O)CC(=O)O)CN(C(CCC(=O)NCC(CCC(=O)C(O)C(O)C(O)C(O)CO)(CNC(=O)C(O)C(O)C(O)C(O)CO)CNC(=O)C(O)C(O)C(O)C(O)CO)OC=O)CCN(C(CCC(=O)CC(CNC(=O)C(O)C(O)C(O)C(O)CO)(CNC(=O)C(O)C(O)C(O)C(O)CO)CNC(=O)C(O)C(O)C(O)C(O)CO)C(=O)O)C1. The van der Waals surface area contributed by atoms with E-state index in [1.54, 1.807) is 0 Å². The van der Waals surface area contributed by atoms with Gasteiger partial charge in [0.15, 0.2) is 42.5 Å². The number of nitrogens with zero attached hydrogens (tertiary/aromatic N) is 3. The van der Waals surface area contributed by atoms with Gasteiger partial charge in [-0.25, -0.2) is 0 Å². The lowest BCUT2D eigenvalue weighted by molar-refractivity contribution is -0.154. The van der Waals surface area contributed by atoms with Gasteiger partial charge >= 0.3 is 11.9 Å². The lowest BCUT2D eigenvalue weighted by Crippen LogP contribution is -2.61. The molecule has 0 spiro atoms. The average molecular weight is 1790 g/mol. The van der Waals surface area contributed by atoms with Gasteiger partial charge in [0.1, 0.15) is 135 Å². The summed E-state index contributed by atoms with van der Waals surface area (Å²) < 4.78 is 10.4. The first-order valence-corrected chi connectivity index (χ1v) is 37.4. The summed E-state index contributed by atoms with van der Waals surface area (Å²) >= 11 is 0. The number of aliphatic hydroxyl groups excluding tert-OH is 30. The smallest absolute Gasteiger partial charge is 0.320 e. The zero-order valence-corrected chi connectivity index (χ0v) is 65.7. The number of carbonyl (C=O) groups excluding carboxylic acids is 10. The van der Waals surface area contributed by atoms with Crippen LogP contribution in [0.2, 0.25) is 0 Å². The second-order valence-corrected chi connectivity index (χ2v) is 29.6. The minimum absolute atomic E-state index is 0.130. The quantitative estimate of drug-likeness (QED) is 0.0199. The van der Waals surface area contributed by atoms with Crippen molar-refractivity contribution in [1.82, 2.24) is 46.6 Å². The van der Waals surface area contributed by atoms with Crippen LogP contribution in [0.5, 0.6) is 0 Å². The number of nitrogens with one attached hydrogen (secondary N) is 6. The Balaban J connectivity index is 4.30. The van der Waals surface area contributed by atoms with Gasteiger partial charge < -0.3 is 205 Å². The van der Waals surface area contributed by atoms with Crippen LogP contribution in [0.1, 0.15) is 51.9 Å². The fourth-order valence-corrected chi connectivity index (χ4v) is 12.4. The standard InChI is InChI=1S/C67H119N9O46/c1-65(76(11-40(94)95)26-121-27-83)24-74(30(64(119)120)3-2-29(85)10-67(21-71-61(116)56(111)51(106)45(100)35(90)15-80,22-72-62(117)57(112)52(107)46(101)36(91)16-81)23-73-63(118)58(113)53(108)47(102)37(92)17-82)8-9-75(25-65)39(122-28-84)5-4-38(93)68-18-66(7-6-31(86)41(96)48(103)42(97)32(87)12-77,19-69-59(114)54(109)49(104)43(98)33(88)13-78)20-70-60(115)55(110)50(105)44(99)34(89)14-79/h27-28,30,32-37,39,41-58,77-82,87-92,96-113H,2-26H2,1H3,(H,68,93)(H,69,114)(H,70,115)(H,71,116)(H,72,117)(H,73,118)(H,94,95)(H,119,120). The van der Waals surface area contributed by atoms with Crippen LogP contribution >= 0.6 is 0 Å². The number of carboxylic acids is 2. The first-order valence-electron chi connectivity index (χ1n) is 37.4. The zero-order valence-electron chi connectivity index (χ0n) is 65.7. The van der Waals surface area contributed by atoms with E-state index in [4.69, 9.17) is 9.47 Å². The minimum atomic E-state index is -2.80. The number of rotatable bonds is 64. The maximum Gasteiger partial charge on any atom is 0.320 e. The van der Waals surface area contributed by atoms with Crippen molar-refractivity contribution in [2.24, 2.45) is 10.8 Å². The number of hydrogen-bond acceptors (Lipinski definition) is 47. The molecule has 1 rings (SSSR count). The van der Waals surface area contributed by atoms with Gasteiger partial charge in [0.2, 0.25) is 5.91 Å². The average Bonchev–Trinajstić information content (AvgIpc) is 1.63. The van der Waals surface area contributed by atoms with Gasteiger partial charge in [0.05, 0.1) is 46.2 Å². The Bertz CT molecular complexity index is 3020. The van der Waals surface area contributed by atoms with E-state index in [0.29, 0.717) is 0 Å². The highest BCUT2D eigenvalue weighted by Crippen LogP contribution is 2.31. The molecular weight excluding hydrogens is 1670 g/mol. The van der Waals surface area contributed by atoms with Crippen molar-refractivity contribution in [3.05, 3.63) is 0 Å². The van der Waals surface area contributed by atoms with Crippen molar-refractivity contribution in [2.75, 3.05) is 118 Å². The van der Waals surface area contributed by atoms with Crippen LogP contribution in [0.4, 0.5) is 0 Å². The molecule has 0 aliphatic carbocycles. The lowest BCUT2D eigenvalue weighted by atomic mass is 9.80. The first kappa shape index (κ1) is 113. The van der Waals surface area contributed by atoms with Crippen LogP contribution < -0.4 is 31.9 Å². The Labute approximate surface area is 692 Å². The summed E-state index contributed by atoms with van der Waals surface area (Å²) in [6.07, 6.45) is -68.8. The molecule has 122 heavy (non-hydrogen) atoms. The zero-order chi connectivity index (χ0) is 93.8. The topological polar surface area (TPSA) is 953 Å². The molecule has 1 aliphatic heterocycles. The molecule has 1 aliphatic rings. The molecule has 0 saturated carbocycles. The molecular formula is C67H119N9O46. The third kappa shape index (κ3) is 34.6. The summed E-state index contributed by atoms with van der Waals surface area (Å²) in [5.74, 6) is -15.8. The molecule has 1 fully saturated rings. The summed E-state index contributed by atoms with van der Waals surface area (Å²) in [6.45, 7) is -17.8. The van der Waals surface area contributed by atoms with Crippen LogP contribution in [0.15, 0.2) is 0 Å². The number of carbonyl (C=O) groups is 12. The van der Waals surface area contributed by atoms with Crippen molar-refractivity contribution < 1.29 is 230 Å². The van der Waals surface area contributed by atoms with Crippen LogP contribution in [0, 0.1) is 10.8 Å². The van der Waals surface area contributed by atoms with Gasteiger partial charge in [-0.05, 0) is 19.8 Å². The Morgan fingerprint density at radius 3 is 1.02 bits per heavy atom. The number of aliphatic carboxylic acids is 2. The normalized spacial score (nSPS) is 21.7. The second-order valence-electron chi connectivity index (χ2n) is 29.6. The van der Waals surface area contributed by atoms with E-state index in [1.165, 1.54) is 11.8 Å². The van der Waals surface area contributed by atoms with E-state index in [-0.39, 0.29) is 12.9 Å². The molecule has 55 nitrogen and oxygen atoms in total. The molecule has 0 bridgehead atoms. The highest BCUT2D eigenvalue weighted by Gasteiger charge is 2.48. The van der Waals surface area contributed by atoms with E-state index in [1.807, 2.05) is 16.0 Å². The number of hydrogen-bond donors (Lipinski definition) is 38. The number of aliphatic hydroxyl groups is 30. The molecule has 27 unspecified atom stereocenters. The number of ether oxygens (including phenoxy) is 2. The van der Waals surface area contributed by atoms with E-state index in [9.17, 15) is 221 Å². The Kier molecular flexibility index (Phi) is 50.4. The first-order chi connectivity index (χ1) is 56.9. The summed E-state index contributed by atoms with van der Waals surface area (Å²) in [7, 11) is 0. The maximum absolute atomic E-state index is 14.7. The monoisotopic (exact) mass is 1790 g/mol. The Morgan fingerprint density at radius 2 is 0.713 bits per heavy atom. The second kappa shape index (κ2) is 54.6. The van der Waals surface area contributed by atoms with Crippen molar-refractivity contribution in [2.45, 2.75) is 216 Å². The number of Topliss-reactive ketones (excluding diaryl/α,β-unsaturated/α-hetero) is 2. The molecule has 0 radical (unpaired) electrons. The molecule has 55 heteroatoms. The van der Waals surface area contributed by atoms with Crippen molar-refractivity contribution in [3.63, 3.8) is 0 Å². The van der Waals surface area contributed by atoms with Crippen LogP contribution in [0.3, 0.4) is 0 Å². The van der Waals surface area contributed by atoms with E-state index in [0.717, 1.165) is 9.80 Å². The van der Waals surface area contributed by atoms with Gasteiger partial charge in [0.25, 0.3) is 42.5 Å². The lowest BCUT2D eigenvalue weighted by Gasteiger charge is -2.44. The molecule has 0 aromatic carbocycles. The molecule has 1 saturated heterocycles. The molecule has 0 aromatic heterocycles. The van der Waals surface area contributed by atoms with Gasteiger partial charge in [-0.3, -0.25) is 72.2 Å². The highest BCUT2D eigenvalue weighted by atomic mass is 16.5. The molecule has 1 heterocycles. The highest BCUT2D eigenvalue weighted by molar-refractivity contribution is 5.86. The number of ketones is 2. The van der Waals surface area contributed by atoms with Crippen molar-refractivity contribution in [1.29, 1.82) is 0 Å². The van der Waals surface area contributed by atoms with E-state index >= 15 is 0 Å². The Hall–Kier alpha value is -7.28. The number of carboxylic acid groups (broad SMARTS) is 2. The molecule has 38 N–H and O–H groups in total. The fraction of sp³-hybridized carbons (Fsp3) is 0.821. The fourth-order valence-electron chi connectivity index (χ4n) is 12.4. The summed E-state index contributed by atoms with van der Waals surface area (Å²) in [4.78, 5) is 164. The molecule has 708 valence electrons. The Morgan fingerprint density at radius 1 is 0.402 bits per heavy atom. The third-order valence-corrected chi connectivity index (χ3v) is 20.3. The van der Waals surface area contributed by atoms with Crippen LogP contribution in [-0.4, -0.2) is 533 Å². The predicted octanol–water partition coefficient (Wildman–Crippen LogP) is -24.0. The van der Waals surface area contributed by atoms with Gasteiger partial charge in [-0.15, -0.1) is 0 Å². The minimum Gasteiger partial charge on any atom is -0.480 e. The van der Waals surface area contributed by atoms with Crippen molar-refractivity contribution in [3.8, 4) is 0 Å². The largest absolute Gasteiger partial charge is 0.480 e. The number of amides is 6. The van der Waals surface area contributed by atoms with Crippen molar-refractivity contribution >= 4 is 71.9 Å². The maximum atomic E-state index is 14.7. The molecule has 6 amide bonds. The van der Waals surface area contributed by atoms with Gasteiger partial charge in [-0.2, -0.15) is 0 Å². The van der Waals surface area contributed by atoms with Gasteiger partial charge in [-0.1, -0.05) is 0 Å². The summed E-state index contributed by atoms with van der Waals surface area (Å²) in [5.41, 5.74) is -6.66. The van der Waals surface area contributed by atoms with Gasteiger partial charge in [0, 0.05) is 114 Å². The molecule has 27 atom stereocenters. The van der Waals surface area contributed by atoms with E-state index < -0.39 is 397 Å².